The molecule has 0 saturated heterocycles. The smallest absolute Gasteiger partial charge is 0.115 e. The molecule has 3 rings (SSSR count). The Morgan fingerprint density at radius 2 is 2.19 bits per heavy atom. The predicted molar refractivity (Wildman–Crippen MR) is 84.5 cm³/mol. The minimum Gasteiger partial charge on any atom is -0.383 e. The maximum atomic E-state index is 5.00. The number of para-hydroxylation sites is 1. The largest absolute Gasteiger partial charge is 0.383 e. The maximum absolute atomic E-state index is 5.00. The molecule has 0 bridgehead atoms. The molecule has 1 N–H and O–H groups in total. The fourth-order valence-corrected chi connectivity index (χ4v) is 3.06. The van der Waals surface area contributed by atoms with Gasteiger partial charge in [-0.2, -0.15) is 5.10 Å². The zero-order valence-corrected chi connectivity index (χ0v) is 12.8. The lowest BCUT2D eigenvalue weighted by Crippen LogP contribution is -2.19. The lowest BCUT2D eigenvalue weighted by atomic mass is 10.3. The molecule has 0 fully saturated rings. The standard InChI is InChI=1S/C15H18N4OS/c1-20-9-7-16-10-12-6-8-19(18-12)11-15-17-13-4-2-3-5-14(13)21-15/h2-6,8,16H,7,9-11H2,1H3. The Morgan fingerprint density at radius 3 is 3.05 bits per heavy atom. The second-order valence-corrected chi connectivity index (χ2v) is 5.86. The highest BCUT2D eigenvalue weighted by atomic mass is 32.1. The quantitative estimate of drug-likeness (QED) is 0.680. The molecule has 0 saturated carbocycles. The number of ether oxygens (including phenoxy) is 1. The van der Waals surface area contributed by atoms with E-state index < -0.39 is 0 Å². The lowest BCUT2D eigenvalue weighted by Gasteiger charge is -2.01. The summed E-state index contributed by atoms with van der Waals surface area (Å²) in [7, 11) is 1.70. The number of fused-ring (bicyclic) bond motifs is 1. The van der Waals surface area contributed by atoms with Crippen LogP contribution in [-0.2, 0) is 17.8 Å². The van der Waals surface area contributed by atoms with E-state index in [9.17, 15) is 0 Å². The van der Waals surface area contributed by atoms with Gasteiger partial charge >= 0.3 is 0 Å². The summed E-state index contributed by atoms with van der Waals surface area (Å²) in [4.78, 5) is 4.63. The number of rotatable bonds is 7. The van der Waals surface area contributed by atoms with Gasteiger partial charge in [0.2, 0.25) is 0 Å². The van der Waals surface area contributed by atoms with E-state index in [1.807, 2.05) is 35.1 Å². The fraction of sp³-hybridized carbons (Fsp3) is 0.333. The SMILES string of the molecule is COCCNCc1ccn(Cc2nc3ccccc3s2)n1. The number of hydrogen-bond acceptors (Lipinski definition) is 5. The summed E-state index contributed by atoms with van der Waals surface area (Å²) in [6, 6.07) is 10.2. The molecular formula is C15H18N4OS. The van der Waals surface area contributed by atoms with Gasteiger partial charge in [-0.05, 0) is 18.2 Å². The molecule has 0 spiro atoms. The first-order valence-corrected chi connectivity index (χ1v) is 7.73. The topological polar surface area (TPSA) is 52.0 Å². The second-order valence-electron chi connectivity index (χ2n) is 4.75. The Morgan fingerprint density at radius 1 is 1.29 bits per heavy atom. The number of hydrogen-bond donors (Lipinski definition) is 1. The van der Waals surface area contributed by atoms with Gasteiger partial charge in [0.25, 0.3) is 0 Å². The van der Waals surface area contributed by atoms with Crippen LogP contribution >= 0.6 is 11.3 Å². The van der Waals surface area contributed by atoms with Crippen LogP contribution in [0.15, 0.2) is 36.5 Å². The molecule has 0 aliphatic carbocycles. The van der Waals surface area contributed by atoms with Gasteiger partial charge in [-0.25, -0.2) is 4.98 Å². The third-order valence-electron chi connectivity index (χ3n) is 3.12. The summed E-state index contributed by atoms with van der Waals surface area (Å²) in [5.74, 6) is 0. The van der Waals surface area contributed by atoms with Gasteiger partial charge in [0.1, 0.15) is 5.01 Å². The number of nitrogens with zero attached hydrogens (tertiary/aromatic N) is 3. The van der Waals surface area contributed by atoms with Crippen molar-refractivity contribution in [3.63, 3.8) is 0 Å². The van der Waals surface area contributed by atoms with Gasteiger partial charge in [-0.1, -0.05) is 12.1 Å². The highest BCUT2D eigenvalue weighted by molar-refractivity contribution is 7.18. The van der Waals surface area contributed by atoms with Crippen molar-refractivity contribution in [1.82, 2.24) is 20.1 Å². The third kappa shape index (κ3) is 3.66. The first-order chi connectivity index (χ1) is 10.3. The summed E-state index contributed by atoms with van der Waals surface area (Å²) >= 11 is 1.72. The average molecular weight is 302 g/mol. The molecule has 6 heteroatoms. The summed E-state index contributed by atoms with van der Waals surface area (Å²) in [6.07, 6.45) is 2.00. The summed E-state index contributed by atoms with van der Waals surface area (Å²) in [5, 5.41) is 8.92. The van der Waals surface area contributed by atoms with Gasteiger partial charge in [-0.15, -0.1) is 11.3 Å². The van der Waals surface area contributed by atoms with Gasteiger partial charge in [0, 0.05) is 26.4 Å². The molecule has 2 aromatic heterocycles. The monoisotopic (exact) mass is 302 g/mol. The molecule has 1 aromatic carbocycles. The number of aromatic nitrogens is 3. The van der Waals surface area contributed by atoms with Gasteiger partial charge in [0.15, 0.2) is 0 Å². The second kappa shape index (κ2) is 6.80. The van der Waals surface area contributed by atoms with Gasteiger partial charge in [0.05, 0.1) is 29.1 Å². The Hall–Kier alpha value is -1.76. The molecule has 0 unspecified atom stereocenters. The van der Waals surface area contributed by atoms with Crippen molar-refractivity contribution in [2.75, 3.05) is 20.3 Å². The van der Waals surface area contributed by atoms with E-state index in [2.05, 4.69) is 21.5 Å². The number of nitrogens with one attached hydrogen (secondary N) is 1. The summed E-state index contributed by atoms with van der Waals surface area (Å²) in [6.45, 7) is 3.03. The fourth-order valence-electron chi connectivity index (χ4n) is 2.10. The Balaban J connectivity index is 1.61. The van der Waals surface area contributed by atoms with Crippen molar-refractivity contribution < 1.29 is 4.74 Å². The van der Waals surface area contributed by atoms with E-state index in [-0.39, 0.29) is 0 Å². The van der Waals surface area contributed by atoms with Crippen molar-refractivity contribution in [1.29, 1.82) is 0 Å². The lowest BCUT2D eigenvalue weighted by molar-refractivity contribution is 0.199. The van der Waals surface area contributed by atoms with E-state index in [0.29, 0.717) is 6.61 Å². The van der Waals surface area contributed by atoms with Crippen LogP contribution in [0.5, 0.6) is 0 Å². The van der Waals surface area contributed by atoms with Crippen LogP contribution in [0, 0.1) is 0 Å². The normalized spacial score (nSPS) is 11.3. The molecule has 0 aliphatic rings. The van der Waals surface area contributed by atoms with Crippen molar-refractivity contribution in [2.24, 2.45) is 0 Å². The number of methoxy groups -OCH3 is 1. The number of thiazole rings is 1. The van der Waals surface area contributed by atoms with Crippen molar-refractivity contribution in [2.45, 2.75) is 13.1 Å². The molecule has 110 valence electrons. The maximum Gasteiger partial charge on any atom is 0.115 e. The molecular weight excluding hydrogens is 284 g/mol. The predicted octanol–water partition coefficient (Wildman–Crippen LogP) is 2.28. The molecule has 5 nitrogen and oxygen atoms in total. The van der Waals surface area contributed by atoms with E-state index >= 15 is 0 Å². The van der Waals surface area contributed by atoms with E-state index in [1.54, 1.807) is 18.4 Å². The summed E-state index contributed by atoms with van der Waals surface area (Å²) < 4.78 is 8.16. The first-order valence-electron chi connectivity index (χ1n) is 6.91. The molecule has 3 aromatic rings. The van der Waals surface area contributed by atoms with Crippen molar-refractivity contribution >= 4 is 21.6 Å². The van der Waals surface area contributed by atoms with E-state index in [0.717, 1.165) is 35.9 Å². The van der Waals surface area contributed by atoms with Gasteiger partial charge < -0.3 is 10.1 Å². The third-order valence-corrected chi connectivity index (χ3v) is 4.14. The van der Waals surface area contributed by atoms with Gasteiger partial charge in [-0.3, -0.25) is 4.68 Å². The van der Waals surface area contributed by atoms with Crippen LogP contribution in [0.4, 0.5) is 0 Å². The zero-order chi connectivity index (χ0) is 14.5. The minimum absolute atomic E-state index is 0.715. The van der Waals surface area contributed by atoms with E-state index in [4.69, 9.17) is 4.74 Å². The highest BCUT2D eigenvalue weighted by Gasteiger charge is 2.05. The van der Waals surface area contributed by atoms with Crippen LogP contribution in [0.25, 0.3) is 10.2 Å². The molecule has 0 aliphatic heterocycles. The van der Waals surface area contributed by atoms with Crippen LogP contribution < -0.4 is 5.32 Å². The van der Waals surface area contributed by atoms with Crippen molar-refractivity contribution in [3.05, 3.63) is 47.2 Å². The zero-order valence-electron chi connectivity index (χ0n) is 12.0. The summed E-state index contributed by atoms with van der Waals surface area (Å²) in [5.41, 5.74) is 2.10. The Kier molecular flexibility index (Phi) is 4.59. The minimum atomic E-state index is 0.715. The molecule has 0 amide bonds. The molecule has 0 atom stereocenters. The molecule has 21 heavy (non-hydrogen) atoms. The molecule has 2 heterocycles. The Labute approximate surface area is 127 Å². The first kappa shape index (κ1) is 14.2. The average Bonchev–Trinajstić information content (AvgIpc) is 3.10. The van der Waals surface area contributed by atoms with Crippen LogP contribution in [0.2, 0.25) is 0 Å². The molecule has 0 radical (unpaired) electrons. The van der Waals surface area contributed by atoms with Crippen LogP contribution in [0.1, 0.15) is 10.7 Å². The van der Waals surface area contributed by atoms with Crippen LogP contribution in [-0.4, -0.2) is 35.0 Å². The van der Waals surface area contributed by atoms with Crippen molar-refractivity contribution in [3.8, 4) is 0 Å². The highest BCUT2D eigenvalue weighted by Crippen LogP contribution is 2.21. The number of benzene rings is 1. The van der Waals surface area contributed by atoms with Crippen LogP contribution in [0.3, 0.4) is 0 Å². The van der Waals surface area contributed by atoms with E-state index in [1.165, 1.54) is 4.70 Å². The Bertz CT molecular complexity index is 673.